The van der Waals surface area contributed by atoms with E-state index in [4.69, 9.17) is 19.4 Å². The molecule has 2 aromatic heterocycles. The van der Waals surface area contributed by atoms with Crippen LogP contribution in [0.15, 0.2) is 30.5 Å². The van der Waals surface area contributed by atoms with Crippen LogP contribution in [0.2, 0.25) is 0 Å². The van der Waals surface area contributed by atoms with Crippen LogP contribution in [0, 0.1) is 0 Å². The quantitative estimate of drug-likeness (QED) is 0.579. The van der Waals surface area contributed by atoms with E-state index in [2.05, 4.69) is 28.8 Å². The summed E-state index contributed by atoms with van der Waals surface area (Å²) in [5.74, 6) is 1.95. The Hall–Kier alpha value is -2.77. The highest BCUT2D eigenvalue weighted by Crippen LogP contribution is 2.39. The molecule has 1 amide bonds. The first-order chi connectivity index (χ1) is 16.6. The van der Waals surface area contributed by atoms with Crippen molar-refractivity contribution in [3.05, 3.63) is 47.7 Å². The fourth-order valence-corrected chi connectivity index (χ4v) is 5.87. The molecule has 7 nitrogen and oxygen atoms in total. The zero-order chi connectivity index (χ0) is 23.2. The van der Waals surface area contributed by atoms with Gasteiger partial charge in [0.2, 0.25) is 5.91 Å². The summed E-state index contributed by atoms with van der Waals surface area (Å²) in [5, 5.41) is 2.31. The Morgan fingerprint density at radius 2 is 1.71 bits per heavy atom. The third-order valence-electron chi connectivity index (χ3n) is 7.81. The van der Waals surface area contributed by atoms with Crippen molar-refractivity contribution in [2.75, 3.05) is 33.5 Å². The summed E-state index contributed by atoms with van der Waals surface area (Å²) in [6.07, 6.45) is 5.96. The second kappa shape index (κ2) is 8.78. The highest BCUT2D eigenvalue weighted by atomic mass is 16.5. The number of carbonyl (C=O) groups excluding carboxylic acids is 1. The Kier molecular flexibility index (Phi) is 5.62. The molecule has 0 aliphatic carbocycles. The summed E-state index contributed by atoms with van der Waals surface area (Å²) < 4.78 is 13.4. The van der Waals surface area contributed by atoms with Gasteiger partial charge in [0.05, 0.1) is 17.9 Å². The highest BCUT2D eigenvalue weighted by molar-refractivity contribution is 5.96. The standard InChI is InChI=1S/C27H32N4O3/c1-17-27(32)30(2)16-24-25(29-26(31(17)24)19-8-12-34-13-9-19)21-5-3-4-20-14-23(28-15-22(20)21)18-6-10-33-11-7-18/h3-5,14-15,17-19H,6-13,16H2,1-2H3/t17-/m1/s1. The summed E-state index contributed by atoms with van der Waals surface area (Å²) in [7, 11) is 1.89. The van der Waals surface area contributed by atoms with Gasteiger partial charge in [0.1, 0.15) is 11.9 Å². The molecule has 1 aromatic carbocycles. The van der Waals surface area contributed by atoms with E-state index in [-0.39, 0.29) is 11.9 Å². The Bertz CT molecular complexity index is 1220. The van der Waals surface area contributed by atoms with Crippen LogP contribution in [0.5, 0.6) is 0 Å². The second-order valence-corrected chi connectivity index (χ2v) is 9.91. The number of imidazole rings is 1. The maximum absolute atomic E-state index is 12.9. The second-order valence-electron chi connectivity index (χ2n) is 9.91. The molecule has 6 rings (SSSR count). The summed E-state index contributed by atoms with van der Waals surface area (Å²) >= 11 is 0. The summed E-state index contributed by atoms with van der Waals surface area (Å²) in [5.41, 5.74) is 4.36. The third-order valence-corrected chi connectivity index (χ3v) is 7.81. The minimum atomic E-state index is -0.249. The number of ether oxygens (including phenoxy) is 2. The van der Waals surface area contributed by atoms with E-state index in [1.54, 1.807) is 0 Å². The predicted octanol–water partition coefficient (Wildman–Crippen LogP) is 4.42. The lowest BCUT2D eigenvalue weighted by Crippen LogP contribution is -2.40. The van der Waals surface area contributed by atoms with Gasteiger partial charge < -0.3 is 18.9 Å². The van der Waals surface area contributed by atoms with Crippen LogP contribution in [-0.4, -0.2) is 58.8 Å². The molecule has 0 bridgehead atoms. The number of benzene rings is 1. The Morgan fingerprint density at radius 1 is 1.00 bits per heavy atom. The smallest absolute Gasteiger partial charge is 0.245 e. The molecule has 3 aliphatic heterocycles. The number of rotatable bonds is 3. The highest BCUT2D eigenvalue weighted by Gasteiger charge is 2.36. The van der Waals surface area contributed by atoms with Crippen LogP contribution in [0.3, 0.4) is 0 Å². The summed E-state index contributed by atoms with van der Waals surface area (Å²) in [4.78, 5) is 24.9. The summed E-state index contributed by atoms with van der Waals surface area (Å²) in [6.45, 7) is 5.68. The monoisotopic (exact) mass is 460 g/mol. The molecule has 0 saturated carbocycles. The van der Waals surface area contributed by atoms with E-state index >= 15 is 0 Å². The number of amides is 1. The predicted molar refractivity (Wildman–Crippen MR) is 130 cm³/mol. The van der Waals surface area contributed by atoms with Crippen molar-refractivity contribution in [3.63, 3.8) is 0 Å². The SMILES string of the molecule is C[C@@H]1C(=O)N(C)Cc2c(-c3cccc4cc(C5CCOCC5)ncc34)nc(C3CCOCC3)n21. The van der Waals surface area contributed by atoms with Gasteiger partial charge in [-0.05, 0) is 44.1 Å². The van der Waals surface area contributed by atoms with Crippen molar-refractivity contribution in [2.45, 2.75) is 57.0 Å². The molecule has 3 aliphatic rings. The van der Waals surface area contributed by atoms with Gasteiger partial charge in [-0.25, -0.2) is 4.98 Å². The average molecular weight is 461 g/mol. The van der Waals surface area contributed by atoms with Crippen molar-refractivity contribution in [3.8, 4) is 11.3 Å². The number of hydrogen-bond donors (Lipinski definition) is 0. The largest absolute Gasteiger partial charge is 0.381 e. The molecule has 0 radical (unpaired) electrons. The van der Waals surface area contributed by atoms with Crippen LogP contribution in [0.4, 0.5) is 0 Å². The number of carbonyl (C=O) groups is 1. The number of pyridine rings is 1. The molecule has 34 heavy (non-hydrogen) atoms. The number of fused-ring (bicyclic) bond motifs is 2. The Labute approximate surface area is 200 Å². The van der Waals surface area contributed by atoms with Crippen molar-refractivity contribution in [2.24, 2.45) is 0 Å². The van der Waals surface area contributed by atoms with Crippen LogP contribution in [0.1, 0.15) is 67.7 Å². The Morgan fingerprint density at radius 3 is 2.44 bits per heavy atom. The van der Waals surface area contributed by atoms with Crippen LogP contribution in [-0.2, 0) is 20.8 Å². The van der Waals surface area contributed by atoms with Gasteiger partial charge >= 0.3 is 0 Å². The van der Waals surface area contributed by atoms with E-state index in [0.29, 0.717) is 18.4 Å². The van der Waals surface area contributed by atoms with Gasteiger partial charge in [0, 0.05) is 68.2 Å². The molecule has 1 atom stereocenters. The third kappa shape index (κ3) is 3.62. The lowest BCUT2D eigenvalue weighted by Gasteiger charge is -2.32. The zero-order valence-corrected chi connectivity index (χ0v) is 20.0. The maximum atomic E-state index is 12.9. The van der Waals surface area contributed by atoms with Crippen molar-refractivity contribution < 1.29 is 14.3 Å². The maximum Gasteiger partial charge on any atom is 0.245 e. The van der Waals surface area contributed by atoms with E-state index in [1.807, 2.05) is 25.1 Å². The lowest BCUT2D eigenvalue weighted by molar-refractivity contribution is -0.135. The molecular formula is C27H32N4O3. The number of aromatic nitrogens is 3. The van der Waals surface area contributed by atoms with E-state index in [0.717, 1.165) is 86.0 Å². The molecule has 3 aromatic rings. The average Bonchev–Trinajstić information content (AvgIpc) is 3.27. The molecule has 7 heteroatoms. The normalized spacial score (nSPS) is 22.4. The van der Waals surface area contributed by atoms with Crippen molar-refractivity contribution in [1.82, 2.24) is 19.4 Å². The Balaban J connectivity index is 1.48. The van der Waals surface area contributed by atoms with Crippen molar-refractivity contribution >= 4 is 16.7 Å². The minimum Gasteiger partial charge on any atom is -0.381 e. The van der Waals surface area contributed by atoms with Crippen LogP contribution < -0.4 is 0 Å². The lowest BCUT2D eigenvalue weighted by atomic mass is 9.94. The number of hydrogen-bond acceptors (Lipinski definition) is 5. The van der Waals surface area contributed by atoms with E-state index in [9.17, 15) is 4.79 Å². The molecule has 0 spiro atoms. The topological polar surface area (TPSA) is 69.5 Å². The van der Waals surface area contributed by atoms with Gasteiger partial charge in [0.25, 0.3) is 0 Å². The minimum absolute atomic E-state index is 0.144. The fourth-order valence-electron chi connectivity index (χ4n) is 5.87. The van der Waals surface area contributed by atoms with Gasteiger partial charge in [-0.15, -0.1) is 0 Å². The first-order valence-electron chi connectivity index (χ1n) is 12.5. The van der Waals surface area contributed by atoms with E-state index in [1.165, 1.54) is 5.39 Å². The fraction of sp³-hybridized carbons (Fsp3) is 0.519. The first kappa shape index (κ1) is 21.7. The molecule has 2 saturated heterocycles. The van der Waals surface area contributed by atoms with Gasteiger partial charge in [-0.1, -0.05) is 18.2 Å². The molecule has 178 valence electrons. The molecule has 0 unspecified atom stereocenters. The van der Waals surface area contributed by atoms with Gasteiger partial charge in [-0.2, -0.15) is 0 Å². The van der Waals surface area contributed by atoms with Crippen LogP contribution in [0.25, 0.3) is 22.0 Å². The first-order valence-corrected chi connectivity index (χ1v) is 12.5. The van der Waals surface area contributed by atoms with E-state index < -0.39 is 0 Å². The molecular weight excluding hydrogens is 428 g/mol. The number of nitrogens with zero attached hydrogens (tertiary/aromatic N) is 4. The van der Waals surface area contributed by atoms with Gasteiger partial charge in [0.15, 0.2) is 0 Å². The molecule has 0 N–H and O–H groups in total. The molecule has 5 heterocycles. The molecule has 2 fully saturated rings. The summed E-state index contributed by atoms with van der Waals surface area (Å²) in [6, 6.07) is 8.43. The zero-order valence-electron chi connectivity index (χ0n) is 20.0. The van der Waals surface area contributed by atoms with Crippen molar-refractivity contribution in [1.29, 1.82) is 0 Å². The van der Waals surface area contributed by atoms with Crippen LogP contribution >= 0.6 is 0 Å². The van der Waals surface area contributed by atoms with Gasteiger partial charge in [-0.3, -0.25) is 9.78 Å². The number of likely N-dealkylation sites (N-methyl/N-ethyl adjacent to an activating group) is 1.